The summed E-state index contributed by atoms with van der Waals surface area (Å²) in [6, 6.07) is 12.8. The third-order valence-corrected chi connectivity index (χ3v) is 5.97. The van der Waals surface area contributed by atoms with Crippen LogP contribution < -0.4 is 5.56 Å². The van der Waals surface area contributed by atoms with Crippen molar-refractivity contribution in [2.45, 2.75) is 19.5 Å². The molecule has 0 bridgehead atoms. The van der Waals surface area contributed by atoms with Crippen molar-refractivity contribution in [1.82, 2.24) is 24.6 Å². The number of ether oxygens (including phenoxy) is 1. The number of carbonyl (C=O) groups excluding carboxylic acids is 1. The Hall–Kier alpha value is -3.69. The van der Waals surface area contributed by atoms with Gasteiger partial charge >= 0.3 is 5.97 Å². The van der Waals surface area contributed by atoms with Crippen LogP contribution in [0.5, 0.6) is 0 Å². The van der Waals surface area contributed by atoms with Crippen LogP contribution >= 0.6 is 11.6 Å². The summed E-state index contributed by atoms with van der Waals surface area (Å²) in [6.07, 6.45) is 2.11. The summed E-state index contributed by atoms with van der Waals surface area (Å²) in [7, 11) is 1.31. The number of benzene rings is 1. The number of rotatable bonds is 5. The molecule has 0 unspecified atom stereocenters. The standard InChI is InChI=1S/C23H20ClN5O4/c1-32-23(31)19-16(20(24)29(27-19)14-6-3-2-4-7-14)13-28-10-9-17-15(12-28)22(30)26-21(25-17)18-8-5-11-33-18/h2-8,11H,9-10,12-13H2,1H3,(H,25,26,30). The summed E-state index contributed by atoms with van der Waals surface area (Å²) >= 11 is 6.67. The highest BCUT2D eigenvalue weighted by molar-refractivity contribution is 6.31. The first-order valence-electron chi connectivity index (χ1n) is 10.3. The van der Waals surface area contributed by atoms with Crippen molar-refractivity contribution < 1.29 is 13.9 Å². The van der Waals surface area contributed by atoms with E-state index in [0.717, 1.165) is 11.4 Å². The molecule has 0 saturated heterocycles. The SMILES string of the molecule is COC(=O)c1nn(-c2ccccc2)c(Cl)c1CN1CCc2nc(-c3ccco3)[nH]c(=O)c2C1. The van der Waals surface area contributed by atoms with Crippen LogP contribution in [-0.4, -0.2) is 44.3 Å². The molecule has 1 aliphatic rings. The predicted molar refractivity (Wildman–Crippen MR) is 120 cm³/mol. The molecule has 0 saturated carbocycles. The smallest absolute Gasteiger partial charge is 0.358 e. The van der Waals surface area contributed by atoms with Crippen molar-refractivity contribution in [1.29, 1.82) is 0 Å². The van der Waals surface area contributed by atoms with Gasteiger partial charge < -0.3 is 14.1 Å². The third-order valence-electron chi connectivity index (χ3n) is 5.58. The second kappa shape index (κ2) is 8.68. The molecule has 0 spiro atoms. The van der Waals surface area contributed by atoms with Crippen LogP contribution in [0.1, 0.15) is 27.3 Å². The van der Waals surface area contributed by atoms with E-state index in [-0.39, 0.29) is 11.3 Å². The van der Waals surface area contributed by atoms with Gasteiger partial charge in [-0.05, 0) is 24.3 Å². The zero-order valence-corrected chi connectivity index (χ0v) is 18.5. The van der Waals surface area contributed by atoms with Crippen LogP contribution in [0.4, 0.5) is 0 Å². The van der Waals surface area contributed by atoms with Crippen LogP contribution in [0, 0.1) is 0 Å². The minimum Gasteiger partial charge on any atom is -0.464 e. The van der Waals surface area contributed by atoms with E-state index in [0.29, 0.717) is 53.9 Å². The first kappa shape index (κ1) is 21.2. The lowest BCUT2D eigenvalue weighted by Crippen LogP contribution is -2.35. The number of methoxy groups -OCH3 is 1. The number of nitrogens with one attached hydrogen (secondary N) is 1. The Morgan fingerprint density at radius 1 is 1.24 bits per heavy atom. The summed E-state index contributed by atoms with van der Waals surface area (Å²) in [5.41, 5.74) is 2.54. The predicted octanol–water partition coefficient (Wildman–Crippen LogP) is 3.21. The molecule has 1 N–H and O–H groups in total. The second-order valence-corrected chi connectivity index (χ2v) is 7.99. The number of esters is 1. The topological polar surface area (TPSA) is 106 Å². The van der Waals surface area contributed by atoms with Gasteiger partial charge in [-0.25, -0.2) is 14.5 Å². The normalized spacial score (nSPS) is 13.6. The van der Waals surface area contributed by atoms with E-state index >= 15 is 0 Å². The van der Waals surface area contributed by atoms with E-state index in [4.69, 9.17) is 20.8 Å². The number of halogens is 1. The highest BCUT2D eigenvalue weighted by Gasteiger charge is 2.28. The van der Waals surface area contributed by atoms with Gasteiger partial charge in [0.1, 0.15) is 5.15 Å². The number of aromatic amines is 1. The molecule has 4 heterocycles. The monoisotopic (exact) mass is 465 g/mol. The molecule has 1 aliphatic heterocycles. The van der Waals surface area contributed by atoms with Gasteiger partial charge in [-0.2, -0.15) is 5.10 Å². The number of carbonyl (C=O) groups is 1. The van der Waals surface area contributed by atoms with Gasteiger partial charge in [0.25, 0.3) is 5.56 Å². The van der Waals surface area contributed by atoms with Crippen LogP contribution in [0.25, 0.3) is 17.3 Å². The molecule has 3 aromatic heterocycles. The molecule has 0 fully saturated rings. The van der Waals surface area contributed by atoms with Gasteiger partial charge in [0.2, 0.25) is 0 Å². The summed E-state index contributed by atoms with van der Waals surface area (Å²) in [4.78, 5) is 34.6. The van der Waals surface area contributed by atoms with Crippen LogP contribution in [0.15, 0.2) is 57.9 Å². The van der Waals surface area contributed by atoms with E-state index in [1.165, 1.54) is 18.1 Å². The molecular weight excluding hydrogens is 446 g/mol. The summed E-state index contributed by atoms with van der Waals surface area (Å²) in [5, 5.41) is 4.74. The molecule has 1 aromatic carbocycles. The molecule has 0 atom stereocenters. The Morgan fingerprint density at radius 2 is 2.06 bits per heavy atom. The summed E-state index contributed by atoms with van der Waals surface area (Å²) in [5.74, 6) is 0.360. The van der Waals surface area contributed by atoms with E-state index in [1.54, 1.807) is 12.1 Å². The van der Waals surface area contributed by atoms with Crippen molar-refractivity contribution in [3.63, 3.8) is 0 Å². The molecule has 4 aromatic rings. The van der Waals surface area contributed by atoms with Gasteiger partial charge in [0.15, 0.2) is 17.3 Å². The van der Waals surface area contributed by atoms with E-state index in [9.17, 15) is 9.59 Å². The Bertz CT molecular complexity index is 1360. The number of furan rings is 1. The highest BCUT2D eigenvalue weighted by atomic mass is 35.5. The number of hydrogen-bond acceptors (Lipinski definition) is 7. The number of hydrogen-bond donors (Lipinski definition) is 1. The molecule has 5 rings (SSSR count). The van der Waals surface area contributed by atoms with Crippen LogP contribution in [0.3, 0.4) is 0 Å². The molecule has 9 nitrogen and oxygen atoms in total. The molecule has 10 heteroatoms. The zero-order valence-electron chi connectivity index (χ0n) is 17.7. The summed E-state index contributed by atoms with van der Waals surface area (Å²) < 4.78 is 11.8. The fourth-order valence-corrected chi connectivity index (χ4v) is 4.23. The molecular formula is C23H20ClN5O4. The van der Waals surface area contributed by atoms with Crippen molar-refractivity contribution in [2.75, 3.05) is 13.7 Å². The van der Waals surface area contributed by atoms with Crippen molar-refractivity contribution >= 4 is 17.6 Å². The molecule has 33 heavy (non-hydrogen) atoms. The number of H-pyrrole nitrogens is 1. The lowest BCUT2D eigenvalue weighted by atomic mass is 10.1. The molecule has 168 valence electrons. The van der Waals surface area contributed by atoms with Crippen LogP contribution in [0.2, 0.25) is 5.15 Å². The van der Waals surface area contributed by atoms with Crippen molar-refractivity contribution in [2.24, 2.45) is 0 Å². The fraction of sp³-hybridized carbons (Fsp3) is 0.217. The van der Waals surface area contributed by atoms with E-state index in [1.807, 2.05) is 35.2 Å². The Kier molecular flexibility index (Phi) is 5.57. The maximum Gasteiger partial charge on any atom is 0.358 e. The Balaban J connectivity index is 1.45. The quantitative estimate of drug-likeness (QED) is 0.451. The van der Waals surface area contributed by atoms with Gasteiger partial charge in [0, 0.05) is 31.6 Å². The minimum absolute atomic E-state index is 0.150. The minimum atomic E-state index is -0.568. The average molecular weight is 466 g/mol. The van der Waals surface area contributed by atoms with E-state index < -0.39 is 5.97 Å². The largest absolute Gasteiger partial charge is 0.464 e. The third kappa shape index (κ3) is 3.96. The van der Waals surface area contributed by atoms with Crippen molar-refractivity contribution in [3.05, 3.63) is 86.7 Å². The van der Waals surface area contributed by atoms with Gasteiger partial charge in [0.05, 0.1) is 30.3 Å². The maximum atomic E-state index is 12.8. The molecule has 0 aliphatic carbocycles. The molecule has 0 amide bonds. The zero-order chi connectivity index (χ0) is 22.9. The first-order chi connectivity index (χ1) is 16.0. The van der Waals surface area contributed by atoms with Crippen LogP contribution in [-0.2, 0) is 24.2 Å². The lowest BCUT2D eigenvalue weighted by Gasteiger charge is -2.27. The number of fused-ring (bicyclic) bond motifs is 1. The maximum absolute atomic E-state index is 12.8. The Labute approximate surface area is 193 Å². The van der Waals surface area contributed by atoms with E-state index in [2.05, 4.69) is 15.1 Å². The highest BCUT2D eigenvalue weighted by Crippen LogP contribution is 2.28. The molecule has 0 radical (unpaired) electrons. The van der Waals surface area contributed by atoms with Gasteiger partial charge in [-0.3, -0.25) is 9.69 Å². The van der Waals surface area contributed by atoms with Gasteiger partial charge in [-0.1, -0.05) is 29.8 Å². The van der Waals surface area contributed by atoms with Gasteiger partial charge in [-0.15, -0.1) is 0 Å². The first-order valence-corrected chi connectivity index (χ1v) is 10.7. The number of aromatic nitrogens is 4. The lowest BCUT2D eigenvalue weighted by molar-refractivity contribution is 0.0591. The fourth-order valence-electron chi connectivity index (χ4n) is 3.94. The summed E-state index contributed by atoms with van der Waals surface area (Å²) in [6.45, 7) is 1.33. The second-order valence-electron chi connectivity index (χ2n) is 7.63. The average Bonchev–Trinajstić information content (AvgIpc) is 3.49. The number of para-hydroxylation sites is 1. The van der Waals surface area contributed by atoms with Crippen molar-refractivity contribution in [3.8, 4) is 17.3 Å². The Morgan fingerprint density at radius 3 is 2.79 bits per heavy atom. The number of nitrogens with zero attached hydrogens (tertiary/aromatic N) is 4.